The van der Waals surface area contributed by atoms with Crippen molar-refractivity contribution in [3.8, 4) is 5.75 Å². The second-order valence-corrected chi connectivity index (χ2v) is 7.70. The van der Waals surface area contributed by atoms with Crippen LogP contribution in [0.1, 0.15) is 17.0 Å². The standard InChI is InChI=1S/C20H21N3O4S/c1-12-5-19(25)27-18-6-16(3-4-17(12)18)26-10-15(24)8-21-7-14-9-23-13(2)11-28-20(23)22-14/h3-6,9,11,15,21,24H,7-8,10H2,1-2H3/p+1/t15-/m1/s1. The molecule has 146 valence electrons. The summed E-state index contributed by atoms with van der Waals surface area (Å²) in [4.78, 5) is 17.1. The van der Waals surface area contributed by atoms with Crippen molar-refractivity contribution in [2.24, 2.45) is 0 Å². The number of aliphatic hydroxyl groups is 1. The Morgan fingerprint density at radius 2 is 2.21 bits per heavy atom. The number of ether oxygens (including phenoxy) is 1. The molecule has 0 saturated carbocycles. The van der Waals surface area contributed by atoms with Gasteiger partial charge in [-0.2, -0.15) is 0 Å². The number of fused-ring (bicyclic) bond motifs is 2. The lowest BCUT2D eigenvalue weighted by atomic mass is 10.1. The van der Waals surface area contributed by atoms with E-state index in [9.17, 15) is 9.90 Å². The largest absolute Gasteiger partial charge is 0.491 e. The summed E-state index contributed by atoms with van der Waals surface area (Å²) in [6.07, 6.45) is 1.41. The second-order valence-electron chi connectivity index (χ2n) is 6.86. The molecule has 1 atom stereocenters. The molecule has 0 fully saturated rings. The summed E-state index contributed by atoms with van der Waals surface area (Å²) in [5.41, 5.74) is 3.13. The summed E-state index contributed by atoms with van der Waals surface area (Å²) in [6.45, 7) is 5.29. The molecule has 0 amide bonds. The van der Waals surface area contributed by atoms with Gasteiger partial charge in [-0.05, 0) is 31.5 Å². The SMILES string of the molecule is Cc1cc(=O)oc2cc(OC[C@H](O)C[NH2+]Cc3cn4c(C)csc4n3)ccc12. The number of nitrogens with zero attached hydrogens (tertiary/aromatic N) is 2. The minimum Gasteiger partial charge on any atom is -0.491 e. The van der Waals surface area contributed by atoms with Crippen LogP contribution in [0.25, 0.3) is 15.9 Å². The Hall–Kier alpha value is -2.68. The van der Waals surface area contributed by atoms with Crippen molar-refractivity contribution in [1.29, 1.82) is 0 Å². The van der Waals surface area contributed by atoms with E-state index in [1.54, 1.807) is 17.4 Å². The van der Waals surface area contributed by atoms with Gasteiger partial charge >= 0.3 is 5.63 Å². The number of hydrogen-bond acceptors (Lipinski definition) is 6. The van der Waals surface area contributed by atoms with Crippen LogP contribution in [0.5, 0.6) is 5.75 Å². The van der Waals surface area contributed by atoms with Crippen molar-refractivity contribution in [3.05, 3.63) is 63.2 Å². The Bertz CT molecular complexity index is 1180. The third-order valence-corrected chi connectivity index (χ3v) is 5.55. The van der Waals surface area contributed by atoms with Crippen molar-refractivity contribution < 1.29 is 19.6 Å². The Morgan fingerprint density at radius 3 is 3.04 bits per heavy atom. The van der Waals surface area contributed by atoms with E-state index in [4.69, 9.17) is 9.15 Å². The van der Waals surface area contributed by atoms with Crippen LogP contribution in [-0.4, -0.2) is 33.7 Å². The van der Waals surface area contributed by atoms with E-state index in [1.807, 2.05) is 30.6 Å². The molecule has 28 heavy (non-hydrogen) atoms. The van der Waals surface area contributed by atoms with Gasteiger partial charge in [0.1, 0.15) is 42.8 Å². The fourth-order valence-corrected chi connectivity index (χ4v) is 3.99. The maximum Gasteiger partial charge on any atom is 0.336 e. The number of nitrogens with two attached hydrogens (primary N) is 1. The van der Waals surface area contributed by atoms with Crippen molar-refractivity contribution in [1.82, 2.24) is 9.38 Å². The molecule has 7 nitrogen and oxygen atoms in total. The molecule has 1 aromatic carbocycles. The fraction of sp³-hybridized carbons (Fsp3) is 0.300. The molecule has 0 aliphatic heterocycles. The first kappa shape index (κ1) is 18.7. The van der Waals surface area contributed by atoms with Gasteiger partial charge in [-0.3, -0.25) is 4.40 Å². The predicted octanol–water partition coefficient (Wildman–Crippen LogP) is 1.62. The zero-order valence-electron chi connectivity index (χ0n) is 15.7. The van der Waals surface area contributed by atoms with E-state index in [0.717, 1.165) is 21.6 Å². The van der Waals surface area contributed by atoms with E-state index in [-0.39, 0.29) is 12.2 Å². The van der Waals surface area contributed by atoms with Crippen LogP contribution < -0.4 is 15.7 Å². The molecule has 4 rings (SSSR count). The van der Waals surface area contributed by atoms with Crippen molar-refractivity contribution in [2.45, 2.75) is 26.5 Å². The Kier molecular flexibility index (Phi) is 5.17. The van der Waals surface area contributed by atoms with Gasteiger partial charge in [0.15, 0.2) is 4.96 Å². The molecule has 3 aromatic heterocycles. The molecule has 0 bridgehead atoms. The highest BCUT2D eigenvalue weighted by molar-refractivity contribution is 7.15. The monoisotopic (exact) mass is 400 g/mol. The summed E-state index contributed by atoms with van der Waals surface area (Å²) in [6, 6.07) is 6.81. The molecule has 3 N–H and O–H groups in total. The topological polar surface area (TPSA) is 93.6 Å². The maximum atomic E-state index is 11.5. The number of imidazole rings is 1. The molecular formula is C20H22N3O4S+. The van der Waals surface area contributed by atoms with Crippen LogP contribution in [0, 0.1) is 13.8 Å². The lowest BCUT2D eigenvalue weighted by Gasteiger charge is -2.11. The van der Waals surface area contributed by atoms with E-state index < -0.39 is 6.10 Å². The van der Waals surface area contributed by atoms with Gasteiger partial charge in [0.2, 0.25) is 0 Å². The van der Waals surface area contributed by atoms with E-state index >= 15 is 0 Å². The minimum atomic E-state index is -0.620. The third kappa shape index (κ3) is 3.94. The van der Waals surface area contributed by atoms with E-state index in [2.05, 4.69) is 21.7 Å². The van der Waals surface area contributed by atoms with Gasteiger partial charge in [0.25, 0.3) is 0 Å². The maximum absolute atomic E-state index is 11.5. The van der Waals surface area contributed by atoms with Gasteiger partial charge in [0, 0.05) is 34.8 Å². The van der Waals surface area contributed by atoms with Crippen LogP contribution >= 0.6 is 11.3 Å². The molecule has 0 spiro atoms. The number of aromatic nitrogens is 2. The quantitative estimate of drug-likeness (QED) is 0.460. The normalized spacial score (nSPS) is 12.7. The van der Waals surface area contributed by atoms with Gasteiger partial charge < -0.3 is 19.6 Å². The third-order valence-electron chi connectivity index (χ3n) is 4.60. The average molecular weight is 400 g/mol. The molecule has 0 aliphatic rings. The molecular weight excluding hydrogens is 378 g/mol. The summed E-state index contributed by atoms with van der Waals surface area (Å²) < 4.78 is 13.0. The Morgan fingerprint density at radius 1 is 1.36 bits per heavy atom. The van der Waals surface area contributed by atoms with Crippen molar-refractivity contribution in [3.63, 3.8) is 0 Å². The molecule has 0 aliphatic carbocycles. The van der Waals surface area contributed by atoms with Crippen LogP contribution in [-0.2, 0) is 6.54 Å². The molecule has 8 heteroatoms. The van der Waals surface area contributed by atoms with E-state index in [1.165, 1.54) is 11.8 Å². The minimum absolute atomic E-state index is 0.162. The number of benzene rings is 1. The summed E-state index contributed by atoms with van der Waals surface area (Å²) >= 11 is 1.62. The first-order valence-electron chi connectivity index (χ1n) is 9.09. The Labute approximate surface area is 165 Å². The lowest BCUT2D eigenvalue weighted by molar-refractivity contribution is -0.677. The zero-order valence-corrected chi connectivity index (χ0v) is 16.5. The van der Waals surface area contributed by atoms with Gasteiger partial charge in [-0.25, -0.2) is 9.78 Å². The van der Waals surface area contributed by atoms with Crippen LogP contribution in [0.3, 0.4) is 0 Å². The molecule has 4 aromatic rings. The van der Waals surface area contributed by atoms with Gasteiger partial charge in [-0.15, -0.1) is 11.3 Å². The first-order valence-corrected chi connectivity index (χ1v) is 9.96. The highest BCUT2D eigenvalue weighted by atomic mass is 32.1. The van der Waals surface area contributed by atoms with Crippen molar-refractivity contribution >= 4 is 27.3 Å². The summed E-state index contributed by atoms with van der Waals surface area (Å²) in [5, 5.41) is 15.1. The van der Waals surface area contributed by atoms with Crippen LogP contribution in [0.2, 0.25) is 0 Å². The number of hydrogen-bond donors (Lipinski definition) is 2. The highest BCUT2D eigenvalue weighted by Crippen LogP contribution is 2.22. The number of quaternary nitrogens is 1. The Balaban J connectivity index is 1.29. The second kappa shape index (κ2) is 7.75. The molecule has 0 saturated heterocycles. The van der Waals surface area contributed by atoms with Crippen LogP contribution in [0.4, 0.5) is 0 Å². The predicted molar refractivity (Wildman–Crippen MR) is 107 cm³/mol. The van der Waals surface area contributed by atoms with Crippen LogP contribution in [0.15, 0.2) is 45.1 Å². The average Bonchev–Trinajstić information content (AvgIpc) is 3.21. The van der Waals surface area contributed by atoms with Gasteiger partial charge in [-0.1, -0.05) is 0 Å². The smallest absolute Gasteiger partial charge is 0.336 e. The number of rotatable bonds is 7. The van der Waals surface area contributed by atoms with Gasteiger partial charge in [0.05, 0.1) is 0 Å². The first-order chi connectivity index (χ1) is 13.5. The number of aliphatic hydroxyl groups excluding tert-OH is 1. The zero-order chi connectivity index (χ0) is 19.7. The van der Waals surface area contributed by atoms with E-state index in [0.29, 0.717) is 24.4 Å². The summed E-state index contributed by atoms with van der Waals surface area (Å²) in [7, 11) is 0. The lowest BCUT2D eigenvalue weighted by Crippen LogP contribution is -2.85. The number of aryl methyl sites for hydroxylation is 2. The molecule has 0 unspecified atom stereocenters. The fourth-order valence-electron chi connectivity index (χ4n) is 3.12. The highest BCUT2D eigenvalue weighted by Gasteiger charge is 2.11. The molecule has 0 radical (unpaired) electrons. The van der Waals surface area contributed by atoms with Crippen molar-refractivity contribution in [2.75, 3.05) is 13.2 Å². The molecule has 3 heterocycles. The number of thiazole rings is 1. The summed E-state index contributed by atoms with van der Waals surface area (Å²) in [5.74, 6) is 0.560.